The number of carbonyl (C=O) groups is 2. The van der Waals surface area contributed by atoms with E-state index in [1.807, 2.05) is 6.07 Å². The lowest BCUT2D eigenvalue weighted by Gasteiger charge is -2.28. The van der Waals surface area contributed by atoms with E-state index in [0.29, 0.717) is 23.4 Å². The van der Waals surface area contributed by atoms with Crippen LogP contribution in [0.5, 0.6) is 5.75 Å². The summed E-state index contributed by atoms with van der Waals surface area (Å²) in [7, 11) is -2.58. The molecule has 1 saturated heterocycles. The van der Waals surface area contributed by atoms with Gasteiger partial charge in [-0.25, -0.2) is 13.3 Å². The molecule has 1 aliphatic carbocycles. The molecule has 182 valence electrons. The van der Waals surface area contributed by atoms with Gasteiger partial charge in [-0.2, -0.15) is 9.57 Å². The van der Waals surface area contributed by atoms with Gasteiger partial charge in [-0.15, -0.1) is 0 Å². The minimum Gasteiger partial charge on any atom is -0.497 e. The molecule has 0 saturated carbocycles. The Bertz CT molecular complexity index is 1280. The molecule has 35 heavy (non-hydrogen) atoms. The van der Waals surface area contributed by atoms with Gasteiger partial charge in [0.25, 0.3) is 5.91 Å². The van der Waals surface area contributed by atoms with Gasteiger partial charge in [0, 0.05) is 6.54 Å². The lowest BCUT2D eigenvalue weighted by Crippen LogP contribution is -2.46. The van der Waals surface area contributed by atoms with Crippen LogP contribution in [0.15, 0.2) is 65.1 Å². The quantitative estimate of drug-likeness (QED) is 0.409. The molecule has 0 aromatic heterocycles. The van der Waals surface area contributed by atoms with Crippen molar-refractivity contribution in [3.63, 3.8) is 0 Å². The summed E-state index contributed by atoms with van der Waals surface area (Å²) >= 11 is 0. The highest BCUT2D eigenvalue weighted by Crippen LogP contribution is 2.31. The summed E-state index contributed by atoms with van der Waals surface area (Å²) in [4.78, 5) is 27.4. The van der Waals surface area contributed by atoms with E-state index < -0.39 is 27.9 Å². The number of sulfonamides is 1. The van der Waals surface area contributed by atoms with Crippen LogP contribution in [0.3, 0.4) is 0 Å². The number of hydrogen-bond acceptors (Lipinski definition) is 6. The zero-order chi connectivity index (χ0) is 25.0. The number of ether oxygens (including phenoxy) is 1. The van der Waals surface area contributed by atoms with Crippen LogP contribution >= 0.6 is 0 Å². The molecule has 2 amide bonds. The van der Waals surface area contributed by atoms with Crippen molar-refractivity contribution in [2.24, 2.45) is 0 Å². The van der Waals surface area contributed by atoms with Crippen LogP contribution < -0.4 is 9.64 Å². The number of nitrogens with zero attached hydrogens (tertiary/aromatic N) is 3. The van der Waals surface area contributed by atoms with E-state index in [9.17, 15) is 18.0 Å². The van der Waals surface area contributed by atoms with Crippen molar-refractivity contribution in [1.82, 2.24) is 4.31 Å². The normalized spacial score (nSPS) is 18.5. The van der Waals surface area contributed by atoms with Crippen LogP contribution in [-0.4, -0.2) is 44.2 Å². The molecule has 8 nitrogen and oxygen atoms in total. The van der Waals surface area contributed by atoms with E-state index in [4.69, 9.17) is 10.00 Å². The van der Waals surface area contributed by atoms with Gasteiger partial charge in [0.05, 0.1) is 35.7 Å². The predicted molar refractivity (Wildman–Crippen MR) is 130 cm³/mol. The maximum Gasteiger partial charge on any atom is 0.252 e. The number of methoxy groups -OCH3 is 1. The summed E-state index contributed by atoms with van der Waals surface area (Å²) in [6, 6.07) is 12.9. The van der Waals surface area contributed by atoms with Gasteiger partial charge < -0.3 is 4.74 Å². The summed E-state index contributed by atoms with van der Waals surface area (Å²) in [5.41, 5.74) is 1.89. The first-order chi connectivity index (χ1) is 16.8. The predicted octanol–water partition coefficient (Wildman–Crippen LogP) is 3.78. The second-order valence-electron chi connectivity index (χ2n) is 8.60. The zero-order valence-corrected chi connectivity index (χ0v) is 20.3. The topological polar surface area (TPSA) is 108 Å². The minimum absolute atomic E-state index is 0.0352. The lowest BCUT2D eigenvalue weighted by atomic mass is 9.97. The SMILES string of the molecule is COc1ccc(S(=O)(=O)N(CCC2=CCCCC2)C2CC(=O)N(c3ccc(C#N)cc3)C2=O)cc1. The van der Waals surface area contributed by atoms with Crippen molar-refractivity contribution in [3.8, 4) is 11.8 Å². The maximum atomic E-state index is 13.7. The Morgan fingerprint density at radius 1 is 1.09 bits per heavy atom. The van der Waals surface area contributed by atoms with Crippen LogP contribution in [0.25, 0.3) is 0 Å². The molecule has 1 aliphatic heterocycles. The van der Waals surface area contributed by atoms with Crippen molar-refractivity contribution < 1.29 is 22.7 Å². The summed E-state index contributed by atoms with van der Waals surface area (Å²) < 4.78 is 33.7. The largest absolute Gasteiger partial charge is 0.497 e. The molecule has 1 heterocycles. The van der Waals surface area contributed by atoms with Gasteiger partial charge in [0.15, 0.2) is 0 Å². The van der Waals surface area contributed by atoms with Crippen LogP contribution in [0.4, 0.5) is 5.69 Å². The zero-order valence-electron chi connectivity index (χ0n) is 19.5. The van der Waals surface area contributed by atoms with Crippen molar-refractivity contribution in [2.75, 3.05) is 18.6 Å². The highest BCUT2D eigenvalue weighted by Gasteiger charge is 2.46. The average molecular weight is 494 g/mol. The summed E-state index contributed by atoms with van der Waals surface area (Å²) in [5, 5.41) is 9.03. The first kappa shape index (κ1) is 24.6. The third kappa shape index (κ3) is 5.14. The molecule has 2 aliphatic rings. The Hall–Kier alpha value is -3.48. The van der Waals surface area contributed by atoms with Crippen LogP contribution in [-0.2, 0) is 19.6 Å². The van der Waals surface area contributed by atoms with E-state index in [1.54, 1.807) is 12.1 Å². The molecule has 4 rings (SSSR count). The number of rotatable bonds is 8. The standard InChI is InChI=1S/C26H27N3O5S/c1-34-22-11-13-23(14-12-22)35(32,33)28(16-15-19-5-3-2-4-6-19)24-17-25(30)29(26(24)31)21-9-7-20(18-27)8-10-21/h5,7-14,24H,2-4,6,15-17H2,1H3. The van der Waals surface area contributed by atoms with Gasteiger partial charge >= 0.3 is 0 Å². The monoisotopic (exact) mass is 493 g/mol. The van der Waals surface area contributed by atoms with Crippen LogP contribution in [0.2, 0.25) is 0 Å². The minimum atomic E-state index is -4.08. The highest BCUT2D eigenvalue weighted by atomic mass is 32.2. The van der Waals surface area contributed by atoms with E-state index in [0.717, 1.165) is 30.6 Å². The number of nitriles is 1. The maximum absolute atomic E-state index is 13.7. The number of imide groups is 1. The molecule has 1 atom stereocenters. The molecule has 2 aromatic rings. The second kappa shape index (κ2) is 10.4. The summed E-state index contributed by atoms with van der Waals surface area (Å²) in [6.07, 6.45) is 6.46. The van der Waals surface area contributed by atoms with Gasteiger partial charge in [0.2, 0.25) is 15.9 Å². The first-order valence-corrected chi connectivity index (χ1v) is 13.0. The number of hydrogen-bond donors (Lipinski definition) is 0. The van der Waals surface area contributed by atoms with Crippen molar-refractivity contribution >= 4 is 27.5 Å². The fraction of sp³-hybridized carbons (Fsp3) is 0.346. The van der Waals surface area contributed by atoms with E-state index in [-0.39, 0.29) is 17.9 Å². The Morgan fingerprint density at radius 2 is 1.80 bits per heavy atom. The van der Waals surface area contributed by atoms with Crippen molar-refractivity contribution in [2.45, 2.75) is 49.5 Å². The number of benzene rings is 2. The molecular formula is C26H27N3O5S. The fourth-order valence-corrected chi connectivity index (χ4v) is 6.09. The highest BCUT2D eigenvalue weighted by molar-refractivity contribution is 7.89. The van der Waals surface area contributed by atoms with Gasteiger partial charge in [-0.3, -0.25) is 9.59 Å². The number of anilines is 1. The average Bonchev–Trinajstić information content (AvgIpc) is 3.18. The Morgan fingerprint density at radius 3 is 2.40 bits per heavy atom. The van der Waals surface area contributed by atoms with Crippen LogP contribution in [0, 0.1) is 11.3 Å². The molecule has 1 unspecified atom stereocenters. The third-order valence-corrected chi connectivity index (χ3v) is 8.35. The number of allylic oxidation sites excluding steroid dienone is 1. The molecular weight excluding hydrogens is 466 g/mol. The van der Waals surface area contributed by atoms with Gasteiger partial charge in [0.1, 0.15) is 11.8 Å². The van der Waals surface area contributed by atoms with Gasteiger partial charge in [-0.1, -0.05) is 11.6 Å². The van der Waals surface area contributed by atoms with Gasteiger partial charge in [-0.05, 0) is 80.6 Å². The first-order valence-electron chi connectivity index (χ1n) is 11.6. The Balaban J connectivity index is 1.66. The molecule has 9 heteroatoms. The van der Waals surface area contributed by atoms with Crippen molar-refractivity contribution in [3.05, 3.63) is 65.7 Å². The van der Waals surface area contributed by atoms with E-state index >= 15 is 0 Å². The molecule has 1 fully saturated rings. The van der Waals surface area contributed by atoms with Crippen LogP contribution in [0.1, 0.15) is 44.1 Å². The Labute approximate surface area is 205 Å². The summed E-state index contributed by atoms with van der Waals surface area (Å²) in [6.45, 7) is 0.102. The number of amides is 2. The third-order valence-electron chi connectivity index (χ3n) is 6.43. The molecule has 0 spiro atoms. The fourth-order valence-electron chi connectivity index (χ4n) is 4.51. The van der Waals surface area contributed by atoms with E-state index in [1.165, 1.54) is 53.4 Å². The van der Waals surface area contributed by atoms with Crippen molar-refractivity contribution in [1.29, 1.82) is 5.26 Å². The lowest BCUT2D eigenvalue weighted by molar-refractivity contribution is -0.122. The summed E-state index contributed by atoms with van der Waals surface area (Å²) in [5.74, 6) is -0.548. The Kier molecular flexibility index (Phi) is 7.34. The molecule has 2 aromatic carbocycles. The molecule has 0 N–H and O–H groups in total. The smallest absolute Gasteiger partial charge is 0.252 e. The second-order valence-corrected chi connectivity index (χ2v) is 10.5. The molecule has 0 bridgehead atoms. The number of carbonyl (C=O) groups excluding carboxylic acids is 2. The van der Waals surface area contributed by atoms with E-state index in [2.05, 4.69) is 6.08 Å². The molecule has 0 radical (unpaired) electrons.